The Balaban J connectivity index is 1.39. The summed E-state index contributed by atoms with van der Waals surface area (Å²) in [5, 5.41) is 1.17. The van der Waals surface area contributed by atoms with Crippen molar-refractivity contribution < 1.29 is 9.13 Å². The van der Waals surface area contributed by atoms with E-state index in [0.717, 1.165) is 29.8 Å². The van der Waals surface area contributed by atoms with Gasteiger partial charge in [-0.1, -0.05) is 36.4 Å². The number of fused-ring (bicyclic) bond motifs is 1. The van der Waals surface area contributed by atoms with Crippen molar-refractivity contribution >= 4 is 10.9 Å². The van der Waals surface area contributed by atoms with Crippen LogP contribution in [-0.2, 0) is 12.8 Å². The number of benzene rings is 3. The van der Waals surface area contributed by atoms with E-state index in [4.69, 9.17) is 9.72 Å². The first kappa shape index (κ1) is 16.3. The molecule has 0 aliphatic carbocycles. The number of rotatable bonds is 5. The van der Waals surface area contributed by atoms with Gasteiger partial charge in [-0.3, -0.25) is 4.98 Å². The maximum absolute atomic E-state index is 12.9. The smallest absolute Gasteiger partial charge is 0.127 e. The largest absolute Gasteiger partial charge is 0.457 e. The summed E-state index contributed by atoms with van der Waals surface area (Å²) >= 11 is 0. The van der Waals surface area contributed by atoms with E-state index in [1.54, 1.807) is 12.1 Å². The lowest BCUT2D eigenvalue weighted by molar-refractivity contribution is 0.480. The predicted molar refractivity (Wildman–Crippen MR) is 102 cm³/mol. The fourth-order valence-corrected chi connectivity index (χ4v) is 2.88. The van der Waals surface area contributed by atoms with Gasteiger partial charge in [0, 0.05) is 11.1 Å². The summed E-state index contributed by atoms with van der Waals surface area (Å²) < 4.78 is 18.6. The number of pyridine rings is 1. The number of aryl methyl sites for hydroxylation is 2. The van der Waals surface area contributed by atoms with Gasteiger partial charge in [0.05, 0.1) is 5.52 Å². The van der Waals surface area contributed by atoms with Crippen molar-refractivity contribution in [2.24, 2.45) is 0 Å². The summed E-state index contributed by atoms with van der Waals surface area (Å²) in [4.78, 5) is 4.72. The summed E-state index contributed by atoms with van der Waals surface area (Å²) in [6.45, 7) is 0. The molecule has 0 atom stereocenters. The summed E-state index contributed by atoms with van der Waals surface area (Å²) in [6, 6.07) is 26.4. The molecule has 0 saturated carbocycles. The standard InChI is InChI=1S/C23H18FNO/c24-19-9-15-22(16-10-19)26-21-13-6-17(7-14-21)5-11-20-12-8-18-3-1-2-4-23(18)25-20/h1-4,6-10,12-16H,5,11H2. The quantitative estimate of drug-likeness (QED) is 0.446. The number of aromatic nitrogens is 1. The zero-order valence-corrected chi connectivity index (χ0v) is 14.2. The van der Waals surface area contributed by atoms with Crippen LogP contribution in [0.4, 0.5) is 4.39 Å². The number of hydrogen-bond acceptors (Lipinski definition) is 2. The lowest BCUT2D eigenvalue weighted by Gasteiger charge is -2.07. The number of ether oxygens (including phenoxy) is 1. The van der Waals surface area contributed by atoms with E-state index in [0.29, 0.717) is 5.75 Å². The Kier molecular flexibility index (Phi) is 4.61. The van der Waals surface area contributed by atoms with Crippen molar-refractivity contribution in [3.05, 3.63) is 102 Å². The minimum absolute atomic E-state index is 0.269. The average molecular weight is 343 g/mol. The van der Waals surface area contributed by atoms with Gasteiger partial charge in [0.1, 0.15) is 17.3 Å². The number of halogens is 1. The van der Waals surface area contributed by atoms with Gasteiger partial charge in [-0.25, -0.2) is 4.39 Å². The van der Waals surface area contributed by atoms with E-state index in [2.05, 4.69) is 30.3 Å². The van der Waals surface area contributed by atoms with Gasteiger partial charge in [-0.15, -0.1) is 0 Å². The van der Waals surface area contributed by atoms with Gasteiger partial charge in [0.25, 0.3) is 0 Å². The topological polar surface area (TPSA) is 22.1 Å². The lowest BCUT2D eigenvalue weighted by Crippen LogP contribution is -1.95. The van der Waals surface area contributed by atoms with Crippen LogP contribution in [-0.4, -0.2) is 4.98 Å². The van der Waals surface area contributed by atoms with Gasteiger partial charge >= 0.3 is 0 Å². The Bertz CT molecular complexity index is 1010. The maximum atomic E-state index is 12.9. The van der Waals surface area contributed by atoms with Gasteiger partial charge in [-0.05, 0) is 66.9 Å². The minimum Gasteiger partial charge on any atom is -0.457 e. The Morgan fingerprint density at radius 3 is 2.15 bits per heavy atom. The average Bonchev–Trinajstić information content (AvgIpc) is 2.69. The van der Waals surface area contributed by atoms with Crippen LogP contribution in [0.25, 0.3) is 10.9 Å². The molecule has 4 aromatic rings. The van der Waals surface area contributed by atoms with E-state index in [9.17, 15) is 4.39 Å². The second-order valence-corrected chi connectivity index (χ2v) is 6.20. The molecule has 1 heterocycles. The van der Waals surface area contributed by atoms with Crippen LogP contribution in [0.5, 0.6) is 11.5 Å². The van der Waals surface area contributed by atoms with Crippen LogP contribution < -0.4 is 4.74 Å². The molecular weight excluding hydrogens is 325 g/mol. The SMILES string of the molecule is Fc1ccc(Oc2ccc(CCc3ccc4ccccc4n3)cc2)cc1. The summed E-state index contributed by atoms with van der Waals surface area (Å²) in [5.74, 6) is 1.10. The Morgan fingerprint density at radius 1 is 0.692 bits per heavy atom. The van der Waals surface area contributed by atoms with Crippen molar-refractivity contribution in [3.63, 3.8) is 0 Å². The predicted octanol–water partition coefficient (Wildman–Crippen LogP) is 5.95. The second kappa shape index (κ2) is 7.36. The first-order valence-electron chi connectivity index (χ1n) is 8.63. The van der Waals surface area contributed by atoms with Crippen molar-refractivity contribution in [1.82, 2.24) is 4.98 Å². The van der Waals surface area contributed by atoms with E-state index >= 15 is 0 Å². The van der Waals surface area contributed by atoms with Gasteiger partial charge in [0.2, 0.25) is 0 Å². The molecule has 26 heavy (non-hydrogen) atoms. The maximum Gasteiger partial charge on any atom is 0.127 e. The van der Waals surface area contributed by atoms with Crippen molar-refractivity contribution in [2.75, 3.05) is 0 Å². The molecule has 4 rings (SSSR count). The molecule has 0 aliphatic rings. The second-order valence-electron chi connectivity index (χ2n) is 6.20. The van der Waals surface area contributed by atoms with E-state index in [-0.39, 0.29) is 5.82 Å². The number of para-hydroxylation sites is 1. The van der Waals surface area contributed by atoms with Crippen LogP contribution in [0.1, 0.15) is 11.3 Å². The number of nitrogens with zero attached hydrogens (tertiary/aromatic N) is 1. The highest BCUT2D eigenvalue weighted by Gasteiger charge is 2.02. The normalized spacial score (nSPS) is 10.8. The molecule has 3 heteroatoms. The molecule has 0 unspecified atom stereocenters. The molecule has 0 fully saturated rings. The minimum atomic E-state index is -0.269. The van der Waals surface area contributed by atoms with Crippen LogP contribution in [0.3, 0.4) is 0 Å². The van der Waals surface area contributed by atoms with Crippen molar-refractivity contribution in [1.29, 1.82) is 0 Å². The first-order chi connectivity index (χ1) is 12.8. The van der Waals surface area contributed by atoms with Crippen molar-refractivity contribution in [3.8, 4) is 11.5 Å². The van der Waals surface area contributed by atoms with Gasteiger partial charge < -0.3 is 4.74 Å². The Labute approximate surface area is 151 Å². The zero-order valence-electron chi connectivity index (χ0n) is 14.2. The van der Waals surface area contributed by atoms with Crippen LogP contribution >= 0.6 is 0 Å². The third-order valence-electron chi connectivity index (χ3n) is 4.30. The molecule has 128 valence electrons. The Morgan fingerprint density at radius 2 is 1.38 bits per heavy atom. The molecule has 0 aliphatic heterocycles. The van der Waals surface area contributed by atoms with Crippen LogP contribution in [0.15, 0.2) is 84.9 Å². The van der Waals surface area contributed by atoms with E-state index in [1.165, 1.54) is 23.1 Å². The molecule has 0 N–H and O–H groups in total. The highest BCUT2D eigenvalue weighted by atomic mass is 19.1. The molecule has 2 nitrogen and oxygen atoms in total. The van der Waals surface area contributed by atoms with Gasteiger partial charge in [-0.2, -0.15) is 0 Å². The monoisotopic (exact) mass is 343 g/mol. The molecule has 0 bridgehead atoms. The molecular formula is C23H18FNO. The molecule has 0 amide bonds. The van der Waals surface area contributed by atoms with Crippen molar-refractivity contribution in [2.45, 2.75) is 12.8 Å². The summed E-state index contributed by atoms with van der Waals surface area (Å²) in [5.41, 5.74) is 3.36. The third kappa shape index (κ3) is 3.89. The van der Waals surface area contributed by atoms with E-state index in [1.807, 2.05) is 30.3 Å². The summed E-state index contributed by atoms with van der Waals surface area (Å²) in [7, 11) is 0. The highest BCUT2D eigenvalue weighted by Crippen LogP contribution is 2.22. The number of hydrogen-bond donors (Lipinski definition) is 0. The summed E-state index contributed by atoms with van der Waals surface area (Å²) in [6.07, 6.45) is 1.81. The fraction of sp³-hybridized carbons (Fsp3) is 0.0870. The molecule has 1 aromatic heterocycles. The van der Waals surface area contributed by atoms with Crippen LogP contribution in [0.2, 0.25) is 0 Å². The molecule has 0 saturated heterocycles. The Hall–Kier alpha value is -3.20. The third-order valence-corrected chi connectivity index (χ3v) is 4.30. The lowest BCUT2D eigenvalue weighted by atomic mass is 10.1. The van der Waals surface area contributed by atoms with Crippen LogP contribution in [0, 0.1) is 5.82 Å². The molecule has 3 aromatic carbocycles. The molecule has 0 radical (unpaired) electrons. The molecule has 0 spiro atoms. The van der Waals surface area contributed by atoms with E-state index < -0.39 is 0 Å². The highest BCUT2D eigenvalue weighted by molar-refractivity contribution is 5.78. The zero-order chi connectivity index (χ0) is 17.8. The fourth-order valence-electron chi connectivity index (χ4n) is 2.88. The van der Waals surface area contributed by atoms with Gasteiger partial charge in [0.15, 0.2) is 0 Å². The first-order valence-corrected chi connectivity index (χ1v) is 8.63.